The predicted molar refractivity (Wildman–Crippen MR) is 69.9 cm³/mol. The number of carbonyl (C=O) groups excluding carboxylic acids is 2. The topological polar surface area (TPSA) is 40.6 Å². The molecule has 4 nitrogen and oxygen atoms in total. The first-order valence-corrected chi connectivity index (χ1v) is 7.03. The first-order chi connectivity index (χ1) is 8.49. The molecule has 4 heteroatoms. The maximum absolute atomic E-state index is 12.5. The lowest BCUT2D eigenvalue weighted by Crippen LogP contribution is -2.46. The summed E-state index contributed by atoms with van der Waals surface area (Å²) in [6.45, 7) is 5.73. The van der Waals surface area contributed by atoms with Crippen LogP contribution >= 0.6 is 0 Å². The molecule has 1 atom stereocenters. The van der Waals surface area contributed by atoms with Crippen molar-refractivity contribution in [2.75, 3.05) is 20.1 Å². The Balaban J connectivity index is 1.96. The van der Waals surface area contributed by atoms with Crippen molar-refractivity contribution < 1.29 is 9.59 Å². The molecule has 0 bridgehead atoms. The third-order valence-electron chi connectivity index (χ3n) is 4.07. The molecule has 18 heavy (non-hydrogen) atoms. The number of piperidine rings is 1. The molecule has 102 valence electrons. The first-order valence-electron chi connectivity index (χ1n) is 7.03. The van der Waals surface area contributed by atoms with Gasteiger partial charge in [0.2, 0.25) is 11.8 Å². The van der Waals surface area contributed by atoms with Gasteiger partial charge in [-0.3, -0.25) is 9.59 Å². The SMILES string of the molecule is CC(C)N(CC1CC1)C(=O)C1CCN(C)C(=O)C1. The van der Waals surface area contributed by atoms with Crippen molar-refractivity contribution >= 4 is 11.8 Å². The summed E-state index contributed by atoms with van der Waals surface area (Å²) in [4.78, 5) is 27.9. The molecule has 0 radical (unpaired) electrons. The van der Waals surface area contributed by atoms with Crippen LogP contribution in [0.4, 0.5) is 0 Å². The van der Waals surface area contributed by atoms with Crippen LogP contribution in [0.1, 0.15) is 39.5 Å². The van der Waals surface area contributed by atoms with Crippen molar-refractivity contribution in [2.24, 2.45) is 11.8 Å². The fourth-order valence-electron chi connectivity index (χ4n) is 2.52. The van der Waals surface area contributed by atoms with E-state index >= 15 is 0 Å². The maximum atomic E-state index is 12.5. The summed E-state index contributed by atoms with van der Waals surface area (Å²) >= 11 is 0. The molecule has 2 rings (SSSR count). The number of hydrogen-bond donors (Lipinski definition) is 0. The molecule has 1 unspecified atom stereocenters. The Morgan fingerprint density at radius 3 is 2.56 bits per heavy atom. The van der Waals surface area contributed by atoms with Crippen molar-refractivity contribution in [1.82, 2.24) is 9.80 Å². The lowest BCUT2D eigenvalue weighted by atomic mass is 9.94. The van der Waals surface area contributed by atoms with E-state index in [1.165, 1.54) is 12.8 Å². The molecule has 0 aromatic heterocycles. The van der Waals surface area contributed by atoms with E-state index in [9.17, 15) is 9.59 Å². The Labute approximate surface area is 109 Å². The van der Waals surface area contributed by atoms with Crippen LogP contribution in [0.15, 0.2) is 0 Å². The summed E-state index contributed by atoms with van der Waals surface area (Å²) in [6, 6.07) is 0.243. The van der Waals surface area contributed by atoms with Crippen molar-refractivity contribution in [1.29, 1.82) is 0 Å². The number of amides is 2. The maximum Gasteiger partial charge on any atom is 0.226 e. The van der Waals surface area contributed by atoms with Crippen LogP contribution in [0.5, 0.6) is 0 Å². The first kappa shape index (κ1) is 13.4. The van der Waals surface area contributed by atoms with E-state index in [0.717, 1.165) is 13.0 Å². The predicted octanol–water partition coefficient (Wildman–Crippen LogP) is 1.50. The van der Waals surface area contributed by atoms with Gasteiger partial charge in [0.1, 0.15) is 0 Å². The molecular formula is C14H24N2O2. The molecule has 2 fully saturated rings. The molecule has 2 amide bonds. The third-order valence-corrected chi connectivity index (χ3v) is 4.07. The molecule has 1 saturated heterocycles. The second-order valence-corrected chi connectivity index (χ2v) is 6.03. The van der Waals surface area contributed by atoms with E-state index < -0.39 is 0 Å². The van der Waals surface area contributed by atoms with Crippen LogP contribution in [0.3, 0.4) is 0 Å². The van der Waals surface area contributed by atoms with Crippen LogP contribution in [-0.4, -0.2) is 47.8 Å². The second kappa shape index (κ2) is 5.29. The summed E-state index contributed by atoms with van der Waals surface area (Å²) < 4.78 is 0. The van der Waals surface area contributed by atoms with Gasteiger partial charge >= 0.3 is 0 Å². The average molecular weight is 252 g/mol. The van der Waals surface area contributed by atoms with E-state index in [1.807, 2.05) is 11.9 Å². The molecule has 1 saturated carbocycles. The summed E-state index contributed by atoms with van der Waals surface area (Å²) in [5.74, 6) is 0.918. The van der Waals surface area contributed by atoms with Crippen molar-refractivity contribution in [3.63, 3.8) is 0 Å². The lowest BCUT2D eigenvalue weighted by Gasteiger charge is -2.34. The van der Waals surface area contributed by atoms with Gasteiger partial charge in [0, 0.05) is 38.5 Å². The Kier molecular flexibility index (Phi) is 3.93. The third kappa shape index (κ3) is 3.03. The largest absolute Gasteiger partial charge is 0.346 e. The van der Waals surface area contributed by atoms with Crippen LogP contribution in [0.25, 0.3) is 0 Å². The molecule has 0 aromatic rings. The zero-order valence-corrected chi connectivity index (χ0v) is 11.7. The van der Waals surface area contributed by atoms with Gasteiger partial charge in [-0.1, -0.05) is 0 Å². The molecule has 1 aliphatic heterocycles. The van der Waals surface area contributed by atoms with Gasteiger partial charge < -0.3 is 9.80 Å². The summed E-state index contributed by atoms with van der Waals surface area (Å²) in [7, 11) is 1.81. The van der Waals surface area contributed by atoms with Gasteiger partial charge in [-0.05, 0) is 39.0 Å². The Hall–Kier alpha value is -1.06. The minimum atomic E-state index is -0.0881. The van der Waals surface area contributed by atoms with Crippen LogP contribution < -0.4 is 0 Å². The Morgan fingerprint density at radius 1 is 1.39 bits per heavy atom. The number of hydrogen-bond acceptors (Lipinski definition) is 2. The number of carbonyl (C=O) groups is 2. The van der Waals surface area contributed by atoms with Gasteiger partial charge in [0.05, 0.1) is 0 Å². The van der Waals surface area contributed by atoms with E-state index in [2.05, 4.69) is 13.8 Å². The number of nitrogens with zero attached hydrogens (tertiary/aromatic N) is 2. The summed E-state index contributed by atoms with van der Waals surface area (Å²) in [5.41, 5.74) is 0. The molecule has 1 aliphatic carbocycles. The van der Waals surface area contributed by atoms with Crippen molar-refractivity contribution in [3.8, 4) is 0 Å². The Morgan fingerprint density at radius 2 is 2.06 bits per heavy atom. The monoisotopic (exact) mass is 252 g/mol. The Bertz CT molecular complexity index is 337. The fraction of sp³-hybridized carbons (Fsp3) is 0.857. The van der Waals surface area contributed by atoms with Gasteiger partial charge in [-0.15, -0.1) is 0 Å². The molecule has 0 N–H and O–H groups in total. The summed E-state index contributed by atoms with van der Waals surface area (Å²) in [5, 5.41) is 0. The van der Waals surface area contributed by atoms with Crippen LogP contribution in [-0.2, 0) is 9.59 Å². The molecular weight excluding hydrogens is 228 g/mol. The van der Waals surface area contributed by atoms with Gasteiger partial charge in [-0.25, -0.2) is 0 Å². The normalized spacial score (nSPS) is 24.6. The van der Waals surface area contributed by atoms with Crippen LogP contribution in [0.2, 0.25) is 0 Å². The standard InChI is InChI=1S/C14H24N2O2/c1-10(2)16(9-11-4-5-11)14(18)12-6-7-15(3)13(17)8-12/h10-12H,4-9H2,1-3H3. The number of likely N-dealkylation sites (tertiary alicyclic amines) is 1. The highest BCUT2D eigenvalue weighted by Crippen LogP contribution is 2.31. The van der Waals surface area contributed by atoms with E-state index in [0.29, 0.717) is 18.9 Å². The molecule has 0 aromatic carbocycles. The molecule has 0 spiro atoms. The number of rotatable bonds is 4. The summed E-state index contributed by atoms with van der Waals surface area (Å²) in [6.07, 6.45) is 3.71. The van der Waals surface area contributed by atoms with E-state index in [1.54, 1.807) is 4.90 Å². The van der Waals surface area contributed by atoms with Gasteiger partial charge in [0.15, 0.2) is 0 Å². The average Bonchev–Trinajstić information content (AvgIpc) is 3.12. The molecule has 1 heterocycles. The van der Waals surface area contributed by atoms with Crippen molar-refractivity contribution in [2.45, 2.75) is 45.6 Å². The highest BCUT2D eigenvalue weighted by atomic mass is 16.2. The van der Waals surface area contributed by atoms with Gasteiger partial charge in [0.25, 0.3) is 0 Å². The smallest absolute Gasteiger partial charge is 0.226 e. The van der Waals surface area contributed by atoms with E-state index in [-0.39, 0.29) is 23.8 Å². The highest BCUT2D eigenvalue weighted by molar-refractivity contribution is 5.87. The van der Waals surface area contributed by atoms with Crippen LogP contribution in [0, 0.1) is 11.8 Å². The fourth-order valence-corrected chi connectivity index (χ4v) is 2.52. The quantitative estimate of drug-likeness (QED) is 0.761. The van der Waals surface area contributed by atoms with E-state index in [4.69, 9.17) is 0 Å². The molecule has 2 aliphatic rings. The van der Waals surface area contributed by atoms with Crippen molar-refractivity contribution in [3.05, 3.63) is 0 Å². The zero-order valence-electron chi connectivity index (χ0n) is 11.7. The second-order valence-electron chi connectivity index (χ2n) is 6.03. The zero-order chi connectivity index (χ0) is 13.3. The van der Waals surface area contributed by atoms with Gasteiger partial charge in [-0.2, -0.15) is 0 Å². The minimum absolute atomic E-state index is 0.0881. The lowest BCUT2D eigenvalue weighted by molar-refractivity contribution is -0.145. The minimum Gasteiger partial charge on any atom is -0.346 e. The highest BCUT2D eigenvalue weighted by Gasteiger charge is 2.35.